The molecule has 0 saturated carbocycles. The van der Waals surface area contributed by atoms with E-state index in [1.54, 1.807) is 0 Å². The zero-order chi connectivity index (χ0) is 13.5. The molecule has 2 saturated heterocycles. The van der Waals surface area contributed by atoms with Gasteiger partial charge < -0.3 is 20.4 Å². The first-order valence-electron chi connectivity index (χ1n) is 8.15. The molecule has 4 heteroatoms. The fraction of sp³-hybridized carbons (Fsp3) is 1.00. The Bertz CT molecular complexity index is 240. The molecule has 0 bridgehead atoms. The van der Waals surface area contributed by atoms with Gasteiger partial charge in [0.05, 0.1) is 0 Å². The maximum atomic E-state index is 5.73. The first-order chi connectivity index (χ1) is 9.28. The maximum Gasteiger partial charge on any atom is 0.0110 e. The second-order valence-corrected chi connectivity index (χ2v) is 6.39. The van der Waals surface area contributed by atoms with E-state index in [1.807, 2.05) is 0 Å². The fourth-order valence-electron chi connectivity index (χ4n) is 3.23. The lowest BCUT2D eigenvalue weighted by Gasteiger charge is -2.25. The zero-order valence-electron chi connectivity index (χ0n) is 12.7. The van der Waals surface area contributed by atoms with Crippen LogP contribution in [0.2, 0.25) is 0 Å². The van der Waals surface area contributed by atoms with E-state index in [4.69, 9.17) is 5.73 Å². The third-order valence-electron chi connectivity index (χ3n) is 4.58. The molecule has 2 aliphatic rings. The molecule has 1 unspecified atom stereocenters. The summed E-state index contributed by atoms with van der Waals surface area (Å²) in [6, 6.07) is 0. The summed E-state index contributed by atoms with van der Waals surface area (Å²) in [4.78, 5) is 7.89. The highest BCUT2D eigenvalue weighted by Crippen LogP contribution is 2.09. The number of nitrogens with zero attached hydrogens (tertiary/aromatic N) is 3. The van der Waals surface area contributed by atoms with E-state index in [0.717, 1.165) is 6.54 Å². The van der Waals surface area contributed by atoms with Gasteiger partial charge in [0, 0.05) is 32.7 Å². The van der Waals surface area contributed by atoms with Crippen LogP contribution in [0.1, 0.15) is 26.2 Å². The molecule has 1 atom stereocenters. The van der Waals surface area contributed by atoms with Gasteiger partial charge in [-0.25, -0.2) is 0 Å². The summed E-state index contributed by atoms with van der Waals surface area (Å²) in [5.41, 5.74) is 5.73. The van der Waals surface area contributed by atoms with Crippen molar-refractivity contribution >= 4 is 0 Å². The van der Waals surface area contributed by atoms with Gasteiger partial charge in [-0.15, -0.1) is 0 Å². The smallest absolute Gasteiger partial charge is 0.0110 e. The number of hydrogen-bond acceptors (Lipinski definition) is 4. The van der Waals surface area contributed by atoms with E-state index >= 15 is 0 Å². The summed E-state index contributed by atoms with van der Waals surface area (Å²) >= 11 is 0. The third kappa shape index (κ3) is 5.38. The molecule has 0 aromatic rings. The van der Waals surface area contributed by atoms with Crippen molar-refractivity contribution in [3.05, 3.63) is 0 Å². The van der Waals surface area contributed by atoms with Gasteiger partial charge >= 0.3 is 0 Å². The van der Waals surface area contributed by atoms with E-state index < -0.39 is 0 Å². The molecule has 0 spiro atoms. The molecule has 2 rings (SSSR count). The second-order valence-electron chi connectivity index (χ2n) is 6.39. The lowest BCUT2D eigenvalue weighted by molar-refractivity contribution is 0.215. The fourth-order valence-corrected chi connectivity index (χ4v) is 3.23. The predicted octanol–water partition coefficient (Wildman–Crippen LogP) is 0.685. The molecule has 4 nitrogen and oxygen atoms in total. The van der Waals surface area contributed by atoms with Gasteiger partial charge in [0.1, 0.15) is 0 Å². The topological polar surface area (TPSA) is 35.7 Å². The Morgan fingerprint density at radius 2 is 1.32 bits per heavy atom. The van der Waals surface area contributed by atoms with Crippen molar-refractivity contribution in [1.29, 1.82) is 0 Å². The minimum Gasteiger partial charge on any atom is -0.330 e. The van der Waals surface area contributed by atoms with Crippen LogP contribution in [0, 0.1) is 5.92 Å². The lowest BCUT2D eigenvalue weighted by Crippen LogP contribution is -2.37. The van der Waals surface area contributed by atoms with Crippen LogP contribution in [0.25, 0.3) is 0 Å². The third-order valence-corrected chi connectivity index (χ3v) is 4.58. The standard InChI is InChI=1S/C15H32N4/c1-15(13-16)14-19-8-4-7-18(11-12-19)10-9-17-5-2-3-6-17/h15H,2-14,16H2,1H3. The van der Waals surface area contributed by atoms with Gasteiger partial charge in [0.2, 0.25) is 0 Å². The van der Waals surface area contributed by atoms with Crippen LogP contribution in [0.3, 0.4) is 0 Å². The van der Waals surface area contributed by atoms with Gasteiger partial charge in [-0.05, 0) is 57.9 Å². The van der Waals surface area contributed by atoms with Gasteiger partial charge in [0.15, 0.2) is 0 Å². The highest BCUT2D eigenvalue weighted by atomic mass is 15.2. The molecular weight excluding hydrogens is 236 g/mol. The van der Waals surface area contributed by atoms with Gasteiger partial charge in [-0.3, -0.25) is 0 Å². The van der Waals surface area contributed by atoms with Crippen LogP contribution in [0.15, 0.2) is 0 Å². The van der Waals surface area contributed by atoms with E-state index in [2.05, 4.69) is 21.6 Å². The minimum atomic E-state index is 0.635. The molecular formula is C15H32N4. The average molecular weight is 268 g/mol. The molecule has 0 aromatic carbocycles. The van der Waals surface area contributed by atoms with E-state index in [1.165, 1.54) is 78.2 Å². The molecule has 19 heavy (non-hydrogen) atoms. The van der Waals surface area contributed by atoms with Gasteiger partial charge in [0.25, 0.3) is 0 Å². The summed E-state index contributed by atoms with van der Waals surface area (Å²) in [6.45, 7) is 14.4. The van der Waals surface area contributed by atoms with Crippen molar-refractivity contribution in [1.82, 2.24) is 14.7 Å². The van der Waals surface area contributed by atoms with Crippen molar-refractivity contribution in [2.45, 2.75) is 26.2 Å². The van der Waals surface area contributed by atoms with Crippen molar-refractivity contribution in [3.63, 3.8) is 0 Å². The highest BCUT2D eigenvalue weighted by Gasteiger charge is 2.17. The summed E-state index contributed by atoms with van der Waals surface area (Å²) in [6.07, 6.45) is 4.13. The van der Waals surface area contributed by atoms with Crippen LogP contribution >= 0.6 is 0 Å². The molecule has 0 aliphatic carbocycles. The highest BCUT2D eigenvalue weighted by molar-refractivity contribution is 4.74. The zero-order valence-corrected chi connectivity index (χ0v) is 12.7. The molecule has 0 radical (unpaired) electrons. The lowest BCUT2D eigenvalue weighted by atomic mass is 10.1. The van der Waals surface area contributed by atoms with Gasteiger partial charge in [-0.1, -0.05) is 6.92 Å². The Kier molecular flexibility index (Phi) is 6.57. The van der Waals surface area contributed by atoms with E-state index in [0.29, 0.717) is 5.92 Å². The SMILES string of the molecule is CC(CN)CN1CCCN(CCN2CCCC2)CC1. The molecule has 2 fully saturated rings. The number of hydrogen-bond donors (Lipinski definition) is 1. The Morgan fingerprint density at radius 1 is 0.789 bits per heavy atom. The van der Waals surface area contributed by atoms with E-state index in [9.17, 15) is 0 Å². The maximum absolute atomic E-state index is 5.73. The van der Waals surface area contributed by atoms with Crippen molar-refractivity contribution < 1.29 is 0 Å². The van der Waals surface area contributed by atoms with Crippen molar-refractivity contribution in [2.75, 3.05) is 65.4 Å². The van der Waals surface area contributed by atoms with Crippen molar-refractivity contribution in [2.24, 2.45) is 11.7 Å². The Balaban J connectivity index is 1.64. The largest absolute Gasteiger partial charge is 0.330 e. The summed E-state index contributed by atoms with van der Waals surface area (Å²) < 4.78 is 0. The summed E-state index contributed by atoms with van der Waals surface area (Å²) in [5, 5.41) is 0. The van der Waals surface area contributed by atoms with E-state index in [-0.39, 0.29) is 0 Å². The van der Waals surface area contributed by atoms with Gasteiger partial charge in [-0.2, -0.15) is 0 Å². The van der Waals surface area contributed by atoms with Crippen LogP contribution in [0.4, 0.5) is 0 Å². The average Bonchev–Trinajstić information content (AvgIpc) is 2.84. The number of rotatable bonds is 6. The van der Waals surface area contributed by atoms with Crippen LogP contribution < -0.4 is 5.73 Å². The molecule has 2 heterocycles. The van der Waals surface area contributed by atoms with Crippen LogP contribution in [-0.2, 0) is 0 Å². The molecule has 2 aliphatic heterocycles. The Hall–Kier alpha value is -0.160. The van der Waals surface area contributed by atoms with Crippen LogP contribution in [-0.4, -0.2) is 80.1 Å². The summed E-state index contributed by atoms with van der Waals surface area (Å²) in [5.74, 6) is 0.635. The summed E-state index contributed by atoms with van der Waals surface area (Å²) in [7, 11) is 0. The number of nitrogens with two attached hydrogens (primary N) is 1. The normalized spacial score (nSPS) is 25.6. The molecule has 0 aromatic heterocycles. The minimum absolute atomic E-state index is 0.635. The predicted molar refractivity (Wildman–Crippen MR) is 81.4 cm³/mol. The molecule has 2 N–H and O–H groups in total. The first kappa shape index (κ1) is 15.2. The molecule has 0 amide bonds. The Morgan fingerprint density at radius 3 is 2.00 bits per heavy atom. The quantitative estimate of drug-likeness (QED) is 0.769. The first-order valence-corrected chi connectivity index (χ1v) is 8.15. The Labute approximate surface area is 118 Å². The monoisotopic (exact) mass is 268 g/mol. The number of likely N-dealkylation sites (tertiary alicyclic amines) is 1. The second kappa shape index (κ2) is 8.20. The van der Waals surface area contributed by atoms with Crippen LogP contribution in [0.5, 0.6) is 0 Å². The molecule has 112 valence electrons. The van der Waals surface area contributed by atoms with Crippen molar-refractivity contribution in [3.8, 4) is 0 Å².